The third kappa shape index (κ3) is 5.62. The van der Waals surface area contributed by atoms with E-state index in [0.717, 1.165) is 12.8 Å². The average Bonchev–Trinajstić information content (AvgIpc) is 3.17. The van der Waals surface area contributed by atoms with E-state index in [1.54, 1.807) is 11.4 Å². The molecule has 2 fully saturated rings. The fraction of sp³-hybridized carbons (Fsp3) is 0.474. The van der Waals surface area contributed by atoms with Crippen LogP contribution in [0.2, 0.25) is 0 Å². The predicted octanol–water partition coefficient (Wildman–Crippen LogP) is 1.42. The first-order chi connectivity index (χ1) is 14.1. The van der Waals surface area contributed by atoms with E-state index < -0.39 is 0 Å². The van der Waals surface area contributed by atoms with Crippen LogP contribution in [0.3, 0.4) is 0 Å². The van der Waals surface area contributed by atoms with Crippen molar-refractivity contribution in [3.05, 3.63) is 33.5 Å². The normalized spacial score (nSPS) is 17.2. The molecule has 0 atom stereocenters. The van der Waals surface area contributed by atoms with Crippen LogP contribution in [0.5, 0.6) is 0 Å². The number of rotatable bonds is 7. The summed E-state index contributed by atoms with van der Waals surface area (Å²) >= 11 is 2.69. The van der Waals surface area contributed by atoms with Crippen molar-refractivity contribution >= 4 is 45.5 Å². The maximum absolute atomic E-state index is 12.6. The summed E-state index contributed by atoms with van der Waals surface area (Å²) in [6, 6.07) is 3.96. The number of thiophene rings is 1. The van der Waals surface area contributed by atoms with Crippen molar-refractivity contribution in [2.45, 2.75) is 25.3 Å². The second-order valence-electron chi connectivity index (χ2n) is 7.25. The van der Waals surface area contributed by atoms with Crippen LogP contribution in [0.25, 0.3) is 0 Å². The Hall–Kier alpha value is -2.30. The Labute approximate surface area is 176 Å². The second-order valence-corrected chi connectivity index (χ2v) is 9.06. The summed E-state index contributed by atoms with van der Waals surface area (Å²) in [4.78, 5) is 45.5. The smallest absolute Gasteiger partial charge is 0.267 e. The van der Waals surface area contributed by atoms with E-state index in [4.69, 9.17) is 0 Å². The Morgan fingerprint density at radius 3 is 2.62 bits per heavy atom. The van der Waals surface area contributed by atoms with Gasteiger partial charge >= 0.3 is 0 Å². The number of hydrogen-bond donors (Lipinski definition) is 2. The first kappa shape index (κ1) is 20.0. The lowest BCUT2D eigenvalue weighted by Crippen LogP contribution is -2.51. The largest absolute Gasteiger partial charge is 0.352 e. The number of hydrogen-bond acceptors (Lipinski definition) is 7. The van der Waals surface area contributed by atoms with Gasteiger partial charge in [-0.1, -0.05) is 6.07 Å². The topological polar surface area (TPSA) is 94.6 Å². The highest BCUT2D eigenvalue weighted by atomic mass is 32.1. The number of aromatic nitrogens is 1. The van der Waals surface area contributed by atoms with Gasteiger partial charge in [-0.25, -0.2) is 4.98 Å². The monoisotopic (exact) mass is 433 g/mol. The van der Waals surface area contributed by atoms with Gasteiger partial charge in [0.15, 0.2) is 5.13 Å². The number of nitrogens with zero attached hydrogens (tertiary/aromatic N) is 3. The van der Waals surface area contributed by atoms with Crippen molar-refractivity contribution in [3.8, 4) is 0 Å². The van der Waals surface area contributed by atoms with Crippen molar-refractivity contribution in [2.24, 2.45) is 0 Å². The molecule has 0 unspecified atom stereocenters. The molecule has 2 aromatic rings. The molecule has 3 heterocycles. The number of anilines is 1. The van der Waals surface area contributed by atoms with Gasteiger partial charge in [0.2, 0.25) is 11.8 Å². The third-order valence-electron chi connectivity index (χ3n) is 4.88. The van der Waals surface area contributed by atoms with Crippen LogP contribution < -0.4 is 10.6 Å². The zero-order chi connectivity index (χ0) is 20.2. The van der Waals surface area contributed by atoms with Gasteiger partial charge in [-0.3, -0.25) is 24.6 Å². The lowest BCUT2D eigenvalue weighted by atomic mass is 10.2. The standard InChI is InChI=1S/C19H23N5O3S2/c25-16(20-13-3-4-13)11-23-5-7-24(8-6-23)17(26)10-14-12-29-19(21-14)22-18(27)15-2-1-9-28-15/h1-2,9,12-13H,3-8,10-11H2,(H,20,25)(H,21,22,27). The van der Waals surface area contributed by atoms with Crippen LogP contribution >= 0.6 is 22.7 Å². The third-order valence-corrected chi connectivity index (χ3v) is 6.56. The van der Waals surface area contributed by atoms with E-state index >= 15 is 0 Å². The molecule has 0 spiro atoms. The molecule has 1 saturated carbocycles. The molecule has 0 radical (unpaired) electrons. The average molecular weight is 434 g/mol. The number of thiazole rings is 1. The van der Waals surface area contributed by atoms with Crippen LogP contribution in [0.15, 0.2) is 22.9 Å². The van der Waals surface area contributed by atoms with E-state index in [1.807, 2.05) is 16.3 Å². The Morgan fingerprint density at radius 2 is 1.93 bits per heavy atom. The van der Waals surface area contributed by atoms with Crippen molar-refractivity contribution in [3.63, 3.8) is 0 Å². The summed E-state index contributed by atoms with van der Waals surface area (Å²) in [6.45, 7) is 3.02. The molecule has 1 aliphatic carbocycles. The molecule has 4 rings (SSSR count). The molecule has 1 aliphatic heterocycles. The van der Waals surface area contributed by atoms with Gasteiger partial charge in [-0.2, -0.15) is 0 Å². The molecule has 2 N–H and O–H groups in total. The summed E-state index contributed by atoms with van der Waals surface area (Å²) in [5.74, 6) is -0.0885. The summed E-state index contributed by atoms with van der Waals surface area (Å²) < 4.78 is 0. The summed E-state index contributed by atoms with van der Waals surface area (Å²) in [5.41, 5.74) is 0.660. The Kier molecular flexibility index (Phi) is 6.22. The van der Waals surface area contributed by atoms with E-state index in [9.17, 15) is 14.4 Å². The van der Waals surface area contributed by atoms with Gasteiger partial charge < -0.3 is 10.2 Å². The highest BCUT2D eigenvalue weighted by Gasteiger charge is 2.26. The molecule has 0 bridgehead atoms. The highest BCUT2D eigenvalue weighted by Crippen LogP contribution is 2.20. The van der Waals surface area contributed by atoms with Gasteiger partial charge in [0.1, 0.15) is 0 Å². The fourth-order valence-electron chi connectivity index (χ4n) is 3.14. The van der Waals surface area contributed by atoms with Crippen LogP contribution in [0, 0.1) is 0 Å². The molecule has 8 nitrogen and oxygen atoms in total. The van der Waals surface area contributed by atoms with Crippen LogP contribution in [0.4, 0.5) is 5.13 Å². The number of carbonyl (C=O) groups excluding carboxylic acids is 3. The van der Waals surface area contributed by atoms with Crippen molar-refractivity contribution in [2.75, 3.05) is 38.0 Å². The maximum Gasteiger partial charge on any atom is 0.267 e. The van der Waals surface area contributed by atoms with E-state index in [2.05, 4.69) is 20.5 Å². The molecule has 0 aromatic carbocycles. The predicted molar refractivity (Wildman–Crippen MR) is 112 cm³/mol. The zero-order valence-electron chi connectivity index (χ0n) is 15.9. The minimum atomic E-state index is -0.186. The molecule has 2 aliphatic rings. The van der Waals surface area contributed by atoms with Gasteiger partial charge in [-0.15, -0.1) is 22.7 Å². The molecular weight excluding hydrogens is 410 g/mol. The summed E-state index contributed by atoms with van der Waals surface area (Å²) in [6.07, 6.45) is 2.39. The van der Waals surface area contributed by atoms with Crippen molar-refractivity contribution in [1.29, 1.82) is 0 Å². The number of nitrogens with one attached hydrogen (secondary N) is 2. The number of carbonyl (C=O) groups is 3. The van der Waals surface area contributed by atoms with Crippen LogP contribution in [-0.4, -0.2) is 71.3 Å². The molecule has 154 valence electrons. The highest BCUT2D eigenvalue weighted by molar-refractivity contribution is 7.14. The Balaban J connectivity index is 1.21. The van der Waals surface area contributed by atoms with Gasteiger partial charge in [0.05, 0.1) is 23.5 Å². The molecule has 1 saturated heterocycles. The van der Waals surface area contributed by atoms with Crippen LogP contribution in [0.1, 0.15) is 28.2 Å². The lowest BCUT2D eigenvalue weighted by molar-refractivity contribution is -0.132. The Bertz CT molecular complexity index is 870. The Morgan fingerprint density at radius 1 is 1.14 bits per heavy atom. The first-order valence-corrected chi connectivity index (χ1v) is 11.4. The first-order valence-electron chi connectivity index (χ1n) is 9.65. The maximum atomic E-state index is 12.6. The van der Waals surface area contributed by atoms with Gasteiger partial charge in [0.25, 0.3) is 5.91 Å². The molecule has 29 heavy (non-hydrogen) atoms. The lowest BCUT2D eigenvalue weighted by Gasteiger charge is -2.34. The fourth-order valence-corrected chi connectivity index (χ4v) is 4.46. The number of amides is 3. The summed E-state index contributed by atoms with van der Waals surface area (Å²) in [5, 5.41) is 9.91. The SMILES string of the molecule is O=C(CN1CCN(C(=O)Cc2csc(NC(=O)c3cccs3)n2)CC1)NC1CC1. The van der Waals surface area contributed by atoms with Crippen molar-refractivity contribution in [1.82, 2.24) is 20.1 Å². The second kappa shape index (κ2) is 9.02. The number of piperazine rings is 1. The minimum absolute atomic E-state index is 0.0218. The van der Waals surface area contributed by atoms with Crippen LogP contribution in [-0.2, 0) is 16.0 Å². The molecule has 3 amide bonds. The summed E-state index contributed by atoms with van der Waals surface area (Å²) in [7, 11) is 0. The quantitative estimate of drug-likeness (QED) is 0.689. The van der Waals surface area contributed by atoms with E-state index in [-0.39, 0.29) is 24.1 Å². The van der Waals surface area contributed by atoms with Crippen molar-refractivity contribution < 1.29 is 14.4 Å². The van der Waals surface area contributed by atoms with Gasteiger partial charge in [-0.05, 0) is 24.3 Å². The minimum Gasteiger partial charge on any atom is -0.352 e. The molecule has 2 aromatic heterocycles. The van der Waals surface area contributed by atoms with Gasteiger partial charge in [0, 0.05) is 37.6 Å². The molecular formula is C19H23N5O3S2. The molecule has 10 heteroatoms. The van der Waals surface area contributed by atoms with E-state index in [1.165, 1.54) is 22.7 Å². The zero-order valence-corrected chi connectivity index (χ0v) is 17.6. The van der Waals surface area contributed by atoms with E-state index in [0.29, 0.717) is 54.5 Å².